The fraction of sp³-hybridized carbons (Fsp3) is 0.208. The summed E-state index contributed by atoms with van der Waals surface area (Å²) in [5.41, 5.74) is 1.06. The number of nitrogens with zero attached hydrogens (tertiary/aromatic N) is 3. The van der Waals surface area contributed by atoms with Gasteiger partial charge in [0.2, 0.25) is 11.8 Å². The predicted molar refractivity (Wildman–Crippen MR) is 120 cm³/mol. The van der Waals surface area contributed by atoms with Gasteiger partial charge < -0.3 is 4.90 Å². The second-order valence-electron chi connectivity index (χ2n) is 7.48. The molecule has 0 radical (unpaired) electrons. The van der Waals surface area contributed by atoms with E-state index < -0.39 is 5.82 Å². The summed E-state index contributed by atoms with van der Waals surface area (Å²) in [6, 6.07) is 12.5. The lowest BCUT2D eigenvalue weighted by atomic mass is 10.2. The van der Waals surface area contributed by atoms with Gasteiger partial charge in [-0.25, -0.2) is 13.8 Å². The number of hydrogen-bond donors (Lipinski definition) is 0. The number of thiazole rings is 1. The SMILES string of the molecule is CC(=O)N(c1nc(/C=C/C(=O)N(Cc2ccccc2F)C2CC2)cs1)c1ccccc1F. The van der Waals surface area contributed by atoms with Crippen LogP contribution in [0.2, 0.25) is 0 Å². The van der Waals surface area contributed by atoms with Crippen molar-refractivity contribution in [3.8, 4) is 0 Å². The van der Waals surface area contributed by atoms with Crippen LogP contribution in [0.5, 0.6) is 0 Å². The first-order valence-electron chi connectivity index (χ1n) is 10.2. The van der Waals surface area contributed by atoms with Gasteiger partial charge in [-0.1, -0.05) is 30.3 Å². The minimum Gasteiger partial charge on any atom is -0.332 e. The summed E-state index contributed by atoms with van der Waals surface area (Å²) in [6.45, 7) is 1.54. The maximum absolute atomic E-state index is 14.2. The highest BCUT2D eigenvalue weighted by Crippen LogP contribution is 2.32. The number of amides is 2. The van der Waals surface area contributed by atoms with Crippen molar-refractivity contribution in [2.45, 2.75) is 32.4 Å². The van der Waals surface area contributed by atoms with Crippen LogP contribution in [-0.2, 0) is 16.1 Å². The summed E-state index contributed by atoms with van der Waals surface area (Å²) < 4.78 is 28.3. The molecule has 32 heavy (non-hydrogen) atoms. The summed E-state index contributed by atoms with van der Waals surface area (Å²) in [4.78, 5) is 32.2. The number of carbonyl (C=O) groups is 2. The first-order valence-corrected chi connectivity index (χ1v) is 11.0. The molecule has 164 valence electrons. The van der Waals surface area contributed by atoms with Crippen LogP contribution in [-0.4, -0.2) is 27.7 Å². The maximum Gasteiger partial charge on any atom is 0.247 e. The highest BCUT2D eigenvalue weighted by atomic mass is 32.1. The minimum atomic E-state index is -0.529. The molecule has 4 rings (SSSR count). The van der Waals surface area contributed by atoms with Gasteiger partial charge in [-0.2, -0.15) is 0 Å². The molecular weight excluding hydrogens is 432 g/mol. The number of carbonyl (C=O) groups excluding carboxylic acids is 2. The molecule has 5 nitrogen and oxygen atoms in total. The van der Waals surface area contributed by atoms with E-state index in [1.54, 1.807) is 46.7 Å². The second kappa shape index (κ2) is 9.40. The van der Waals surface area contributed by atoms with Crippen molar-refractivity contribution in [3.05, 3.63) is 82.9 Å². The van der Waals surface area contributed by atoms with Gasteiger partial charge in [0.1, 0.15) is 11.6 Å². The maximum atomic E-state index is 14.2. The highest BCUT2D eigenvalue weighted by Gasteiger charge is 2.32. The van der Waals surface area contributed by atoms with Gasteiger partial charge in [0.05, 0.1) is 11.4 Å². The molecule has 1 fully saturated rings. The quantitative estimate of drug-likeness (QED) is 0.456. The van der Waals surface area contributed by atoms with Gasteiger partial charge >= 0.3 is 0 Å². The van der Waals surface area contributed by atoms with E-state index in [2.05, 4.69) is 4.98 Å². The minimum absolute atomic E-state index is 0.104. The lowest BCUT2D eigenvalue weighted by molar-refractivity contribution is -0.127. The molecule has 1 aliphatic carbocycles. The first-order chi connectivity index (χ1) is 15.4. The van der Waals surface area contributed by atoms with E-state index in [4.69, 9.17) is 0 Å². The van der Waals surface area contributed by atoms with Crippen LogP contribution < -0.4 is 4.90 Å². The number of para-hydroxylation sites is 1. The zero-order valence-electron chi connectivity index (χ0n) is 17.4. The summed E-state index contributed by atoms with van der Waals surface area (Å²) in [5, 5.41) is 1.99. The van der Waals surface area contributed by atoms with Crippen molar-refractivity contribution in [3.63, 3.8) is 0 Å². The molecule has 2 amide bonds. The van der Waals surface area contributed by atoms with Gasteiger partial charge in [0.25, 0.3) is 0 Å². The number of aromatic nitrogens is 1. The van der Waals surface area contributed by atoms with E-state index >= 15 is 0 Å². The third kappa shape index (κ3) is 4.91. The molecule has 8 heteroatoms. The highest BCUT2D eigenvalue weighted by molar-refractivity contribution is 7.14. The van der Waals surface area contributed by atoms with Crippen LogP contribution in [0.4, 0.5) is 19.6 Å². The lowest BCUT2D eigenvalue weighted by Gasteiger charge is -2.21. The van der Waals surface area contributed by atoms with E-state index in [1.165, 1.54) is 47.4 Å². The molecule has 0 bridgehead atoms. The summed E-state index contributed by atoms with van der Waals surface area (Å²) >= 11 is 1.17. The Kier molecular flexibility index (Phi) is 6.41. The second-order valence-corrected chi connectivity index (χ2v) is 8.32. The fourth-order valence-corrected chi connectivity index (χ4v) is 4.18. The van der Waals surface area contributed by atoms with Crippen molar-refractivity contribution < 1.29 is 18.4 Å². The van der Waals surface area contributed by atoms with E-state index in [0.29, 0.717) is 16.4 Å². The third-order valence-electron chi connectivity index (χ3n) is 5.08. The molecule has 0 aliphatic heterocycles. The standard InChI is InChI=1S/C24H21F2N3O2S/c1-16(30)29(22-9-5-4-8-21(22)26)24-27-18(15-32-24)10-13-23(31)28(19-11-12-19)14-17-6-2-3-7-20(17)25/h2-10,13,15,19H,11-12,14H2,1H3/b13-10+. The Morgan fingerprint density at radius 3 is 2.44 bits per heavy atom. The Hall–Kier alpha value is -3.39. The average Bonchev–Trinajstić information content (AvgIpc) is 3.51. The van der Waals surface area contributed by atoms with E-state index in [1.807, 2.05) is 0 Å². The van der Waals surface area contributed by atoms with Crippen LogP contribution in [0.15, 0.2) is 60.0 Å². The van der Waals surface area contributed by atoms with Gasteiger partial charge in [-0.05, 0) is 37.1 Å². The normalized spacial score (nSPS) is 13.3. The van der Waals surface area contributed by atoms with Gasteiger partial charge in [-0.15, -0.1) is 11.3 Å². The molecule has 0 N–H and O–H groups in total. The molecule has 0 unspecified atom stereocenters. The molecule has 2 aromatic carbocycles. The Labute approximate surface area is 188 Å². The Bertz CT molecular complexity index is 1170. The van der Waals surface area contributed by atoms with Gasteiger partial charge in [-0.3, -0.25) is 14.5 Å². The van der Waals surface area contributed by atoms with Crippen molar-refractivity contribution in [1.82, 2.24) is 9.88 Å². The number of anilines is 2. The molecule has 3 aromatic rings. The summed E-state index contributed by atoms with van der Waals surface area (Å²) in [6.07, 6.45) is 4.74. The predicted octanol–water partition coefficient (Wildman–Crippen LogP) is 5.31. The van der Waals surface area contributed by atoms with Crippen LogP contribution in [0.25, 0.3) is 6.08 Å². The van der Waals surface area contributed by atoms with Crippen LogP contribution >= 0.6 is 11.3 Å². The lowest BCUT2D eigenvalue weighted by Crippen LogP contribution is -2.31. The van der Waals surface area contributed by atoms with E-state index in [0.717, 1.165) is 12.8 Å². The molecule has 1 aromatic heterocycles. The van der Waals surface area contributed by atoms with Crippen LogP contribution in [0.3, 0.4) is 0 Å². The first kappa shape index (κ1) is 21.8. The van der Waals surface area contributed by atoms with Crippen molar-refractivity contribution in [2.24, 2.45) is 0 Å². The number of halogens is 2. The molecule has 0 atom stereocenters. The Morgan fingerprint density at radius 2 is 1.78 bits per heavy atom. The summed E-state index contributed by atoms with van der Waals surface area (Å²) in [5.74, 6) is -1.47. The van der Waals surface area contributed by atoms with E-state index in [-0.39, 0.29) is 35.9 Å². The van der Waals surface area contributed by atoms with Crippen molar-refractivity contribution >= 4 is 40.0 Å². The average molecular weight is 454 g/mol. The number of rotatable bonds is 7. The zero-order chi connectivity index (χ0) is 22.7. The fourth-order valence-electron chi connectivity index (χ4n) is 3.33. The monoisotopic (exact) mass is 453 g/mol. The van der Waals surface area contributed by atoms with Crippen LogP contribution in [0, 0.1) is 11.6 Å². The van der Waals surface area contributed by atoms with E-state index in [9.17, 15) is 18.4 Å². The number of hydrogen-bond acceptors (Lipinski definition) is 4. The smallest absolute Gasteiger partial charge is 0.247 e. The van der Waals surface area contributed by atoms with Gasteiger partial charge in [0, 0.05) is 36.5 Å². The molecule has 1 saturated carbocycles. The van der Waals surface area contributed by atoms with Crippen LogP contribution in [0.1, 0.15) is 31.0 Å². The third-order valence-corrected chi connectivity index (χ3v) is 5.92. The molecule has 0 saturated heterocycles. The molecule has 1 aliphatic rings. The Morgan fingerprint density at radius 1 is 1.09 bits per heavy atom. The topological polar surface area (TPSA) is 53.5 Å². The Balaban J connectivity index is 1.51. The molecule has 0 spiro atoms. The summed E-state index contributed by atoms with van der Waals surface area (Å²) in [7, 11) is 0. The number of benzene rings is 2. The van der Waals surface area contributed by atoms with Crippen molar-refractivity contribution in [1.29, 1.82) is 0 Å². The molecular formula is C24H21F2N3O2S. The zero-order valence-corrected chi connectivity index (χ0v) is 18.2. The van der Waals surface area contributed by atoms with Gasteiger partial charge in [0.15, 0.2) is 5.13 Å². The molecule has 1 heterocycles. The van der Waals surface area contributed by atoms with Crippen molar-refractivity contribution in [2.75, 3.05) is 4.90 Å². The largest absolute Gasteiger partial charge is 0.332 e.